The molecule has 0 heterocycles. The minimum atomic E-state index is -1.40. The number of hydrogen-bond donors (Lipinski definition) is 0. The summed E-state index contributed by atoms with van der Waals surface area (Å²) in [4.78, 5) is 0. The Morgan fingerprint density at radius 3 is 0.622 bits per heavy atom. The molecule has 0 aliphatic rings. The Balaban J connectivity index is 1.12. The first-order valence-corrected chi connectivity index (χ1v) is 37.2. The summed E-state index contributed by atoms with van der Waals surface area (Å²) in [5, 5.41) is 12.2. The maximum atomic E-state index is 2.47. The van der Waals surface area contributed by atoms with Gasteiger partial charge in [-0.3, -0.25) is 0 Å². The average molecular weight is 1010 g/mol. The monoisotopic (exact) mass is 1010 g/mol. The molecule has 0 radical (unpaired) electrons. The van der Waals surface area contributed by atoms with Crippen LogP contribution in [0.25, 0.3) is 110 Å². The molecular weight excluding hydrogens is 937 g/mol. The highest BCUT2D eigenvalue weighted by molar-refractivity contribution is 6.89. The van der Waals surface area contributed by atoms with Crippen LogP contribution in [-0.4, -0.2) is 24.2 Å². The lowest BCUT2D eigenvalue weighted by Gasteiger charge is -2.22. The van der Waals surface area contributed by atoms with Crippen molar-refractivity contribution < 1.29 is 0 Å². The molecule has 0 N–H and O–H groups in total. The van der Waals surface area contributed by atoms with Crippen LogP contribution < -0.4 is 15.6 Å². The fraction of sp³-hybridized carbons (Fsp3) is 0.183. The molecule has 366 valence electrons. The second-order valence-corrected chi connectivity index (χ2v) is 40.3. The lowest BCUT2D eigenvalue weighted by Crippen LogP contribution is -2.37. The first kappa shape index (κ1) is 49.3. The molecule has 0 saturated carbocycles. The van der Waals surface area contributed by atoms with E-state index >= 15 is 0 Å². The second-order valence-electron chi connectivity index (χ2n) is 25.1. The van der Waals surface area contributed by atoms with E-state index in [1.165, 1.54) is 131 Å². The highest BCUT2D eigenvalue weighted by Gasteiger charge is 2.23. The van der Waals surface area contributed by atoms with Gasteiger partial charge in [0.05, 0.1) is 24.2 Å². The quantitative estimate of drug-likeness (QED) is 0.0946. The molecule has 0 aromatic heterocycles. The highest BCUT2D eigenvalue weighted by atomic mass is 28.3. The predicted molar refractivity (Wildman–Crippen MR) is 336 cm³/mol. The third-order valence-corrected chi connectivity index (χ3v) is 22.0. The molecule has 0 saturated heterocycles. The molecule has 0 fully saturated rings. The van der Waals surface area contributed by atoms with Gasteiger partial charge in [0.15, 0.2) is 0 Å². The third kappa shape index (κ3) is 9.36. The van der Waals surface area contributed by atoms with Gasteiger partial charge in [-0.25, -0.2) is 0 Å². The van der Waals surface area contributed by atoms with Gasteiger partial charge in [-0.2, -0.15) is 0 Å². The van der Waals surface area contributed by atoms with E-state index < -0.39 is 24.2 Å². The Kier molecular flexibility index (Phi) is 12.3. The summed E-state index contributed by atoms with van der Waals surface area (Å²) >= 11 is 0. The van der Waals surface area contributed by atoms with Crippen LogP contribution in [0.15, 0.2) is 206 Å². The van der Waals surface area contributed by atoms with Crippen molar-refractivity contribution in [2.75, 3.05) is 0 Å². The molecule has 0 atom stereocenters. The Morgan fingerprint density at radius 1 is 0.230 bits per heavy atom. The van der Waals surface area contributed by atoms with E-state index in [2.05, 4.69) is 286 Å². The average Bonchev–Trinajstić information content (AvgIpc) is 3.39. The van der Waals surface area contributed by atoms with Gasteiger partial charge in [0.1, 0.15) is 0 Å². The van der Waals surface area contributed by atoms with Gasteiger partial charge < -0.3 is 0 Å². The van der Waals surface area contributed by atoms with E-state index in [0.29, 0.717) is 0 Å². The van der Waals surface area contributed by atoms with Crippen molar-refractivity contribution in [1.82, 2.24) is 0 Å². The van der Waals surface area contributed by atoms with Crippen molar-refractivity contribution in [1.29, 1.82) is 0 Å². The van der Waals surface area contributed by atoms with Crippen LogP contribution in [0.5, 0.6) is 0 Å². The number of rotatable bonds is 10. The zero-order valence-electron chi connectivity index (χ0n) is 45.6. The number of benzene rings is 11. The molecular formula is C71H70Si3. The van der Waals surface area contributed by atoms with Gasteiger partial charge in [0.25, 0.3) is 0 Å². The lowest BCUT2D eigenvalue weighted by molar-refractivity contribution is 0.590. The molecule has 0 aliphatic carbocycles. The molecule has 74 heavy (non-hydrogen) atoms. The van der Waals surface area contributed by atoms with Gasteiger partial charge in [-0.05, 0) is 133 Å². The molecule has 11 aromatic rings. The van der Waals surface area contributed by atoms with Gasteiger partial charge in [0.2, 0.25) is 0 Å². The van der Waals surface area contributed by atoms with Crippen LogP contribution in [0.2, 0.25) is 58.9 Å². The fourth-order valence-corrected chi connectivity index (χ4v) is 14.6. The van der Waals surface area contributed by atoms with Crippen LogP contribution in [0.1, 0.15) is 26.3 Å². The van der Waals surface area contributed by atoms with Gasteiger partial charge in [-0.15, -0.1) is 0 Å². The molecule has 0 amide bonds. The Bertz CT molecular complexity index is 3700. The summed E-state index contributed by atoms with van der Waals surface area (Å²) in [6.45, 7) is 28.7. The summed E-state index contributed by atoms with van der Waals surface area (Å²) < 4.78 is 0. The lowest BCUT2D eigenvalue weighted by atomic mass is 9.81. The molecule has 0 aliphatic heterocycles. The molecule has 11 aromatic carbocycles. The maximum absolute atomic E-state index is 2.47. The van der Waals surface area contributed by atoms with Crippen LogP contribution in [0.3, 0.4) is 0 Å². The van der Waals surface area contributed by atoms with E-state index in [4.69, 9.17) is 0 Å². The van der Waals surface area contributed by atoms with Crippen molar-refractivity contribution >= 4 is 72.1 Å². The molecule has 0 nitrogen and oxygen atoms in total. The van der Waals surface area contributed by atoms with E-state index in [9.17, 15) is 0 Å². The summed E-state index contributed by atoms with van der Waals surface area (Å²) in [6, 6.07) is 79.9. The first-order chi connectivity index (χ1) is 35.2. The summed E-state index contributed by atoms with van der Waals surface area (Å²) in [5.74, 6) is 0. The molecule has 11 rings (SSSR count). The van der Waals surface area contributed by atoms with Crippen molar-refractivity contribution in [2.24, 2.45) is 0 Å². The van der Waals surface area contributed by atoms with Gasteiger partial charge >= 0.3 is 0 Å². The standard InChI is InChI=1S/C71H70Si3/c1-71(2,3)57-33-25-56(26-34-57)68-46-67(55-23-17-49(18-24-55)52-31-39-60(40-32-52)74(10,11)12)63-42-41-61-65(53-19-13-47(14-20-53)50-27-35-58(36-28-50)72(4,5)6)45-66(62-43-44-64(68)70(63)69(61)62)54-21-15-48(16-22-54)51-29-37-59(38-30-51)73(7,8)9/h13-46H,1-12H3. The van der Waals surface area contributed by atoms with E-state index in [1.54, 1.807) is 0 Å². The largest absolute Gasteiger partial charge is 0.0775 e. The van der Waals surface area contributed by atoms with E-state index in [0.717, 1.165) is 0 Å². The van der Waals surface area contributed by atoms with Crippen molar-refractivity contribution in [3.63, 3.8) is 0 Å². The molecule has 0 bridgehead atoms. The van der Waals surface area contributed by atoms with Gasteiger partial charge in [0, 0.05) is 0 Å². The summed E-state index contributed by atoms with van der Waals surface area (Å²) in [5.41, 5.74) is 18.8. The van der Waals surface area contributed by atoms with Crippen molar-refractivity contribution in [3.05, 3.63) is 212 Å². The third-order valence-electron chi connectivity index (χ3n) is 15.8. The summed E-state index contributed by atoms with van der Waals surface area (Å²) in [6.07, 6.45) is 0. The maximum Gasteiger partial charge on any atom is 0.0775 e. The first-order valence-electron chi connectivity index (χ1n) is 26.7. The fourth-order valence-electron chi connectivity index (χ4n) is 11.1. The predicted octanol–water partition coefficient (Wildman–Crippen LogP) is 19.2. The second kappa shape index (κ2) is 18.5. The topological polar surface area (TPSA) is 0 Å². The molecule has 0 unspecified atom stereocenters. The normalized spacial score (nSPS) is 12.6. The minimum Gasteiger partial charge on any atom is -0.0656 e. The van der Waals surface area contributed by atoms with E-state index in [1.807, 2.05) is 0 Å². The van der Waals surface area contributed by atoms with Gasteiger partial charge in [-0.1, -0.05) is 289 Å². The number of hydrogen-bond acceptors (Lipinski definition) is 0. The summed E-state index contributed by atoms with van der Waals surface area (Å²) in [7, 11) is -4.20. The highest BCUT2D eigenvalue weighted by Crippen LogP contribution is 2.49. The zero-order valence-corrected chi connectivity index (χ0v) is 48.6. The molecule has 3 heteroatoms. The van der Waals surface area contributed by atoms with Crippen LogP contribution in [0, 0.1) is 0 Å². The smallest absolute Gasteiger partial charge is 0.0656 e. The SMILES string of the molecule is CC(C)(C)c1ccc(-c2cc(-c3ccc(-c4ccc([Si](C)(C)C)cc4)cc3)c3ccc4c(-c5ccc(-c6ccc([Si](C)(C)C)cc6)cc5)cc(-c5ccc(-c6ccc([Si](C)(C)C)cc6)cc5)c5ccc2c3c45)cc1. The van der Waals surface area contributed by atoms with Crippen molar-refractivity contribution in [3.8, 4) is 77.9 Å². The van der Waals surface area contributed by atoms with E-state index in [-0.39, 0.29) is 5.41 Å². The Hall–Kier alpha value is -6.89. The zero-order chi connectivity index (χ0) is 51.9. The Labute approximate surface area is 444 Å². The van der Waals surface area contributed by atoms with Crippen LogP contribution in [0.4, 0.5) is 0 Å². The van der Waals surface area contributed by atoms with Crippen LogP contribution >= 0.6 is 0 Å². The molecule has 0 spiro atoms. The van der Waals surface area contributed by atoms with Crippen molar-refractivity contribution in [2.45, 2.75) is 85.1 Å². The minimum absolute atomic E-state index is 0.0584. The van der Waals surface area contributed by atoms with Crippen LogP contribution in [-0.2, 0) is 5.41 Å². The Morgan fingerprint density at radius 2 is 0.419 bits per heavy atom.